The summed E-state index contributed by atoms with van der Waals surface area (Å²) < 4.78 is 15.5. The zero-order valence-corrected chi connectivity index (χ0v) is 25.7. The van der Waals surface area contributed by atoms with Gasteiger partial charge >= 0.3 is 6.09 Å². The van der Waals surface area contributed by atoms with Crippen LogP contribution in [0.3, 0.4) is 0 Å². The monoisotopic (exact) mass is 574 g/mol. The van der Waals surface area contributed by atoms with Crippen LogP contribution < -0.4 is 10.1 Å². The first-order valence-corrected chi connectivity index (χ1v) is 14.8. The highest BCUT2D eigenvalue weighted by molar-refractivity contribution is 6.00. The van der Waals surface area contributed by atoms with E-state index >= 15 is 0 Å². The SMILES string of the molecule is CCC(C)Cn1c(-c2nc3cc(C(=O)N4CCC[C@@H](NC(=O)OC(C)(C)C)C4)cc(OC)c3n2C)cc2cccnc21. The largest absolute Gasteiger partial charge is 0.494 e. The van der Waals surface area contributed by atoms with Crippen molar-refractivity contribution >= 4 is 34.1 Å². The van der Waals surface area contributed by atoms with Crippen molar-refractivity contribution in [2.24, 2.45) is 13.0 Å². The zero-order valence-electron chi connectivity index (χ0n) is 25.7. The van der Waals surface area contributed by atoms with Gasteiger partial charge in [0.2, 0.25) is 0 Å². The summed E-state index contributed by atoms with van der Waals surface area (Å²) in [5.74, 6) is 1.72. The highest BCUT2D eigenvalue weighted by Gasteiger charge is 2.29. The predicted octanol–water partition coefficient (Wildman–Crippen LogP) is 5.77. The Labute approximate surface area is 247 Å². The van der Waals surface area contributed by atoms with Gasteiger partial charge in [-0.05, 0) is 69.9 Å². The van der Waals surface area contributed by atoms with Crippen LogP contribution in [0.5, 0.6) is 5.75 Å². The number of hydrogen-bond acceptors (Lipinski definition) is 6. The molecule has 3 aromatic heterocycles. The number of rotatable bonds is 7. The maximum atomic E-state index is 13.7. The molecule has 1 aromatic carbocycles. The number of imidazole rings is 1. The van der Waals surface area contributed by atoms with E-state index in [4.69, 9.17) is 14.5 Å². The number of pyridine rings is 1. The van der Waals surface area contributed by atoms with Crippen molar-refractivity contribution in [2.75, 3.05) is 20.2 Å². The van der Waals surface area contributed by atoms with Gasteiger partial charge in [-0.25, -0.2) is 14.8 Å². The number of alkyl carbamates (subject to hydrolysis) is 1. The molecule has 1 unspecified atom stereocenters. The number of benzene rings is 1. The molecule has 1 saturated heterocycles. The van der Waals surface area contributed by atoms with E-state index < -0.39 is 11.7 Å². The first-order chi connectivity index (χ1) is 20.0. The van der Waals surface area contributed by atoms with E-state index in [0.29, 0.717) is 35.8 Å². The number of ether oxygens (including phenoxy) is 2. The molecule has 0 bridgehead atoms. The van der Waals surface area contributed by atoms with E-state index in [1.165, 1.54) is 0 Å². The molecule has 1 aliphatic heterocycles. The van der Waals surface area contributed by atoms with Crippen LogP contribution in [0.25, 0.3) is 33.6 Å². The molecular weight excluding hydrogens is 532 g/mol. The Morgan fingerprint density at radius 2 is 2.00 bits per heavy atom. The summed E-state index contributed by atoms with van der Waals surface area (Å²) in [7, 11) is 3.59. The number of carbonyl (C=O) groups is 2. The quantitative estimate of drug-likeness (QED) is 0.300. The molecule has 4 aromatic rings. The van der Waals surface area contributed by atoms with Gasteiger partial charge in [-0.3, -0.25) is 4.79 Å². The summed E-state index contributed by atoms with van der Waals surface area (Å²) >= 11 is 0. The number of carbonyl (C=O) groups excluding carboxylic acids is 2. The van der Waals surface area contributed by atoms with Crippen molar-refractivity contribution in [3.8, 4) is 17.3 Å². The molecule has 1 aliphatic rings. The molecule has 1 fully saturated rings. The fraction of sp³-hybridized carbons (Fsp3) is 0.500. The Balaban J connectivity index is 1.48. The van der Waals surface area contributed by atoms with Gasteiger partial charge in [0.25, 0.3) is 5.91 Å². The van der Waals surface area contributed by atoms with Crippen LogP contribution in [-0.4, -0.2) is 67.8 Å². The smallest absolute Gasteiger partial charge is 0.407 e. The van der Waals surface area contributed by atoms with Gasteiger partial charge in [0.15, 0.2) is 5.82 Å². The van der Waals surface area contributed by atoms with Crippen LogP contribution in [0.4, 0.5) is 4.79 Å². The summed E-state index contributed by atoms with van der Waals surface area (Å²) in [4.78, 5) is 37.6. The molecule has 10 nitrogen and oxygen atoms in total. The van der Waals surface area contributed by atoms with Crippen LogP contribution >= 0.6 is 0 Å². The van der Waals surface area contributed by atoms with Crippen molar-refractivity contribution in [3.63, 3.8) is 0 Å². The zero-order chi connectivity index (χ0) is 30.2. The molecule has 42 heavy (non-hydrogen) atoms. The average molecular weight is 575 g/mol. The average Bonchev–Trinajstić information content (AvgIpc) is 3.48. The molecule has 2 atom stereocenters. The second kappa shape index (κ2) is 11.7. The number of hydrogen-bond donors (Lipinski definition) is 1. The van der Waals surface area contributed by atoms with E-state index in [-0.39, 0.29) is 11.9 Å². The molecule has 10 heteroatoms. The van der Waals surface area contributed by atoms with Gasteiger partial charge in [-0.15, -0.1) is 0 Å². The van der Waals surface area contributed by atoms with Crippen LogP contribution in [0.15, 0.2) is 36.5 Å². The van der Waals surface area contributed by atoms with Crippen molar-refractivity contribution in [1.29, 1.82) is 0 Å². The fourth-order valence-corrected chi connectivity index (χ4v) is 5.65. The molecule has 0 radical (unpaired) electrons. The molecule has 0 aliphatic carbocycles. The summed E-state index contributed by atoms with van der Waals surface area (Å²) in [6.07, 6.45) is 3.98. The van der Waals surface area contributed by atoms with Crippen LogP contribution in [0.1, 0.15) is 64.2 Å². The molecule has 0 saturated carbocycles. The summed E-state index contributed by atoms with van der Waals surface area (Å²) in [6, 6.07) is 9.61. The van der Waals surface area contributed by atoms with Gasteiger partial charge < -0.3 is 28.8 Å². The number of nitrogens with zero attached hydrogens (tertiary/aromatic N) is 5. The van der Waals surface area contributed by atoms with E-state index in [0.717, 1.165) is 53.9 Å². The summed E-state index contributed by atoms with van der Waals surface area (Å²) in [5, 5.41) is 3.98. The highest BCUT2D eigenvalue weighted by atomic mass is 16.6. The van der Waals surface area contributed by atoms with Crippen molar-refractivity contribution < 1.29 is 19.1 Å². The number of likely N-dealkylation sites (tertiary alicyclic amines) is 1. The molecule has 224 valence electrons. The maximum absolute atomic E-state index is 13.7. The minimum Gasteiger partial charge on any atom is -0.494 e. The Kier molecular flexibility index (Phi) is 8.17. The third-order valence-electron chi connectivity index (χ3n) is 7.91. The van der Waals surface area contributed by atoms with Gasteiger partial charge in [-0.1, -0.05) is 20.3 Å². The van der Waals surface area contributed by atoms with Gasteiger partial charge in [0.1, 0.15) is 22.5 Å². The number of piperidine rings is 1. The lowest BCUT2D eigenvalue weighted by Crippen LogP contribution is -2.50. The normalized spacial score (nSPS) is 16.5. The number of nitrogens with one attached hydrogen (secondary N) is 1. The third-order valence-corrected chi connectivity index (χ3v) is 7.91. The number of fused-ring (bicyclic) bond motifs is 2. The standard InChI is InChI=1S/C32H42N6O4/c1-8-20(2)18-38-25(16-21-11-9-13-33-28(21)38)29-35-24-15-22(17-26(41-7)27(24)36(29)6)30(39)37-14-10-12-23(19-37)34-31(40)42-32(3,4)5/h9,11,13,15-17,20,23H,8,10,12,14,18-19H2,1-7H3,(H,34,40)/t20?,23-/m1/s1. The lowest BCUT2D eigenvalue weighted by molar-refractivity contribution is 0.0452. The Morgan fingerprint density at radius 3 is 2.71 bits per heavy atom. The van der Waals surface area contributed by atoms with Crippen molar-refractivity contribution in [2.45, 2.75) is 72.1 Å². The molecular formula is C32H42N6O4. The van der Waals surface area contributed by atoms with Crippen LogP contribution in [0, 0.1) is 5.92 Å². The van der Waals surface area contributed by atoms with Crippen molar-refractivity contribution in [1.82, 2.24) is 29.3 Å². The molecule has 4 heterocycles. The van der Waals surface area contributed by atoms with E-state index in [1.807, 2.05) is 50.7 Å². The highest BCUT2D eigenvalue weighted by Crippen LogP contribution is 2.34. The van der Waals surface area contributed by atoms with Crippen LogP contribution in [0.2, 0.25) is 0 Å². The Morgan fingerprint density at radius 1 is 1.21 bits per heavy atom. The topological polar surface area (TPSA) is 104 Å². The number of aromatic nitrogens is 4. The number of methoxy groups -OCH3 is 1. The van der Waals surface area contributed by atoms with Gasteiger partial charge in [0.05, 0.1) is 18.3 Å². The second-order valence-corrected chi connectivity index (χ2v) is 12.3. The third kappa shape index (κ3) is 5.93. The minimum absolute atomic E-state index is 0.117. The molecule has 5 rings (SSSR count). The Hall–Kier alpha value is -4.08. The summed E-state index contributed by atoms with van der Waals surface area (Å²) in [5.41, 5.74) is 3.33. The summed E-state index contributed by atoms with van der Waals surface area (Å²) in [6.45, 7) is 11.8. The van der Waals surface area contributed by atoms with Gasteiger partial charge in [-0.2, -0.15) is 0 Å². The van der Waals surface area contributed by atoms with E-state index in [2.05, 4.69) is 40.8 Å². The minimum atomic E-state index is -0.582. The lowest BCUT2D eigenvalue weighted by Gasteiger charge is -2.33. The van der Waals surface area contributed by atoms with E-state index in [9.17, 15) is 9.59 Å². The van der Waals surface area contributed by atoms with Gasteiger partial charge in [0, 0.05) is 49.9 Å². The maximum Gasteiger partial charge on any atom is 0.407 e. The fourth-order valence-electron chi connectivity index (χ4n) is 5.65. The first kappa shape index (κ1) is 29.4. The molecule has 1 N–H and O–H groups in total. The number of amides is 2. The van der Waals surface area contributed by atoms with Crippen molar-refractivity contribution in [3.05, 3.63) is 42.1 Å². The predicted molar refractivity (Wildman–Crippen MR) is 164 cm³/mol. The number of aryl methyl sites for hydroxylation is 1. The van der Waals surface area contributed by atoms with Crippen LogP contribution in [-0.2, 0) is 18.3 Å². The Bertz CT molecular complexity index is 1610. The molecule has 2 amide bonds. The lowest BCUT2D eigenvalue weighted by atomic mass is 10.0. The first-order valence-electron chi connectivity index (χ1n) is 14.8. The van der Waals surface area contributed by atoms with E-state index in [1.54, 1.807) is 18.1 Å². The second-order valence-electron chi connectivity index (χ2n) is 12.3. The molecule has 0 spiro atoms.